The zero-order valence-corrected chi connectivity index (χ0v) is 15.0. The molecule has 1 atom stereocenters. The molecule has 0 bridgehead atoms. The molecular weight excluding hydrogens is 318 g/mol. The number of ether oxygens (including phenoxy) is 3. The molecule has 2 aromatic carbocycles. The Kier molecular flexibility index (Phi) is 4.83. The van der Waals surface area contributed by atoms with Crippen molar-refractivity contribution in [1.82, 2.24) is 0 Å². The summed E-state index contributed by atoms with van der Waals surface area (Å²) >= 11 is 0. The van der Waals surface area contributed by atoms with E-state index in [2.05, 4.69) is 5.32 Å². The Balaban J connectivity index is 1.93. The third-order valence-corrected chi connectivity index (χ3v) is 4.15. The van der Waals surface area contributed by atoms with Crippen molar-refractivity contribution < 1.29 is 19.0 Å². The Hall–Kier alpha value is -2.69. The minimum absolute atomic E-state index is 0.132. The van der Waals surface area contributed by atoms with E-state index in [-0.39, 0.29) is 12.0 Å². The van der Waals surface area contributed by atoms with Gasteiger partial charge in [0.05, 0.1) is 25.0 Å². The van der Waals surface area contributed by atoms with Gasteiger partial charge in [-0.1, -0.05) is 11.6 Å². The van der Waals surface area contributed by atoms with Gasteiger partial charge in [0.25, 0.3) is 5.91 Å². The SMILES string of the molecule is CCOc1cc2c(cc1NC(=O)c1cc(C)ccc1OC)O[C@H](C)C2. The van der Waals surface area contributed by atoms with Gasteiger partial charge < -0.3 is 19.5 Å². The van der Waals surface area contributed by atoms with Gasteiger partial charge in [-0.2, -0.15) is 0 Å². The Bertz CT molecular complexity index is 801. The van der Waals surface area contributed by atoms with E-state index in [0.717, 1.165) is 23.3 Å². The van der Waals surface area contributed by atoms with E-state index < -0.39 is 0 Å². The molecule has 1 aliphatic rings. The van der Waals surface area contributed by atoms with Crippen molar-refractivity contribution in [2.24, 2.45) is 0 Å². The molecule has 2 aromatic rings. The monoisotopic (exact) mass is 341 g/mol. The van der Waals surface area contributed by atoms with Gasteiger partial charge >= 0.3 is 0 Å². The number of hydrogen-bond donors (Lipinski definition) is 1. The number of hydrogen-bond acceptors (Lipinski definition) is 4. The molecule has 0 aromatic heterocycles. The Morgan fingerprint density at radius 1 is 1.28 bits per heavy atom. The molecule has 0 fully saturated rings. The molecule has 0 unspecified atom stereocenters. The van der Waals surface area contributed by atoms with E-state index in [9.17, 15) is 4.79 Å². The number of benzene rings is 2. The highest BCUT2D eigenvalue weighted by Crippen LogP contribution is 2.38. The largest absolute Gasteiger partial charge is 0.496 e. The van der Waals surface area contributed by atoms with Crippen molar-refractivity contribution >= 4 is 11.6 Å². The average molecular weight is 341 g/mol. The lowest BCUT2D eigenvalue weighted by Gasteiger charge is -2.15. The summed E-state index contributed by atoms with van der Waals surface area (Å²) in [6.45, 7) is 6.40. The van der Waals surface area contributed by atoms with Crippen LogP contribution in [0.1, 0.15) is 35.3 Å². The maximum atomic E-state index is 12.8. The molecule has 5 heteroatoms. The molecule has 1 aliphatic heterocycles. The van der Waals surface area contributed by atoms with Crippen molar-refractivity contribution in [2.45, 2.75) is 33.3 Å². The first-order valence-corrected chi connectivity index (χ1v) is 8.44. The van der Waals surface area contributed by atoms with Crippen LogP contribution in [0.4, 0.5) is 5.69 Å². The number of amides is 1. The first kappa shape index (κ1) is 17.1. The van der Waals surface area contributed by atoms with Gasteiger partial charge in [0, 0.05) is 18.1 Å². The lowest BCUT2D eigenvalue weighted by molar-refractivity contribution is 0.102. The number of carbonyl (C=O) groups excluding carboxylic acids is 1. The van der Waals surface area contributed by atoms with Crippen molar-refractivity contribution in [3.8, 4) is 17.2 Å². The predicted molar refractivity (Wildman–Crippen MR) is 97.1 cm³/mol. The molecule has 25 heavy (non-hydrogen) atoms. The molecule has 132 valence electrons. The first-order valence-electron chi connectivity index (χ1n) is 8.44. The molecule has 1 N–H and O–H groups in total. The van der Waals surface area contributed by atoms with Crippen molar-refractivity contribution in [3.05, 3.63) is 47.0 Å². The second-order valence-corrected chi connectivity index (χ2v) is 6.18. The second kappa shape index (κ2) is 7.05. The molecule has 5 nitrogen and oxygen atoms in total. The third-order valence-electron chi connectivity index (χ3n) is 4.15. The smallest absolute Gasteiger partial charge is 0.259 e. The number of aryl methyl sites for hydroxylation is 1. The molecule has 0 spiro atoms. The summed E-state index contributed by atoms with van der Waals surface area (Å²) in [5.41, 5.74) is 3.17. The number of fused-ring (bicyclic) bond motifs is 1. The highest BCUT2D eigenvalue weighted by Gasteiger charge is 2.23. The maximum absolute atomic E-state index is 12.8. The zero-order valence-electron chi connectivity index (χ0n) is 15.0. The molecule has 0 aliphatic carbocycles. The fourth-order valence-corrected chi connectivity index (χ4v) is 3.00. The first-order chi connectivity index (χ1) is 12.0. The molecular formula is C20H23NO4. The van der Waals surface area contributed by atoms with Gasteiger partial charge in [-0.15, -0.1) is 0 Å². The van der Waals surface area contributed by atoms with Gasteiger partial charge in [-0.3, -0.25) is 4.79 Å². The highest BCUT2D eigenvalue weighted by atomic mass is 16.5. The van der Waals surface area contributed by atoms with E-state index in [1.54, 1.807) is 19.2 Å². The summed E-state index contributed by atoms with van der Waals surface area (Å²) in [6, 6.07) is 9.29. The summed E-state index contributed by atoms with van der Waals surface area (Å²) in [7, 11) is 1.55. The number of nitrogens with one attached hydrogen (secondary N) is 1. The van der Waals surface area contributed by atoms with E-state index in [1.807, 2.05) is 39.0 Å². The van der Waals surface area contributed by atoms with Crippen molar-refractivity contribution in [3.63, 3.8) is 0 Å². The number of anilines is 1. The van der Waals surface area contributed by atoms with Crippen LogP contribution in [-0.4, -0.2) is 25.7 Å². The van der Waals surface area contributed by atoms with Crippen molar-refractivity contribution in [2.75, 3.05) is 19.0 Å². The fourth-order valence-electron chi connectivity index (χ4n) is 3.00. The lowest BCUT2D eigenvalue weighted by Crippen LogP contribution is -2.14. The quantitative estimate of drug-likeness (QED) is 0.894. The molecule has 0 radical (unpaired) electrons. The van der Waals surface area contributed by atoms with Crippen molar-refractivity contribution in [1.29, 1.82) is 0 Å². The average Bonchev–Trinajstić information content (AvgIpc) is 2.94. The fraction of sp³-hybridized carbons (Fsp3) is 0.350. The van der Waals surface area contributed by atoms with Crippen LogP contribution >= 0.6 is 0 Å². The minimum atomic E-state index is -0.243. The molecule has 1 amide bonds. The third kappa shape index (κ3) is 3.55. The van der Waals surface area contributed by atoms with Crippen LogP contribution in [-0.2, 0) is 6.42 Å². The van der Waals surface area contributed by atoms with Gasteiger partial charge in [0.2, 0.25) is 0 Å². The van der Waals surface area contributed by atoms with E-state index >= 15 is 0 Å². The minimum Gasteiger partial charge on any atom is -0.496 e. The Labute approximate surface area is 147 Å². The van der Waals surface area contributed by atoms with E-state index in [1.165, 1.54) is 0 Å². The van der Waals surface area contributed by atoms with E-state index in [0.29, 0.717) is 29.4 Å². The lowest BCUT2D eigenvalue weighted by atomic mass is 10.1. The zero-order chi connectivity index (χ0) is 18.0. The summed E-state index contributed by atoms with van der Waals surface area (Å²) in [4.78, 5) is 12.8. The Morgan fingerprint density at radius 3 is 2.80 bits per heavy atom. The van der Waals surface area contributed by atoms with Crippen LogP contribution in [0.3, 0.4) is 0 Å². The standard InChI is InChI=1S/C20H23NO4/c1-5-24-19-10-14-9-13(3)25-18(14)11-16(19)21-20(22)15-8-12(2)6-7-17(15)23-4/h6-8,10-11,13H,5,9H2,1-4H3,(H,21,22)/t13-/m1/s1. The van der Waals surface area contributed by atoms with Gasteiger partial charge in [0.15, 0.2) is 0 Å². The Morgan fingerprint density at radius 2 is 2.08 bits per heavy atom. The van der Waals surface area contributed by atoms with Crippen LogP contribution in [0, 0.1) is 6.92 Å². The summed E-state index contributed by atoms with van der Waals surface area (Å²) in [6.07, 6.45) is 0.974. The van der Waals surface area contributed by atoms with Crippen LogP contribution in [0.5, 0.6) is 17.2 Å². The van der Waals surface area contributed by atoms with Gasteiger partial charge in [-0.05, 0) is 39.0 Å². The molecule has 0 saturated carbocycles. The highest BCUT2D eigenvalue weighted by molar-refractivity contribution is 6.07. The molecule has 3 rings (SSSR count). The summed E-state index contributed by atoms with van der Waals surface area (Å²) in [5.74, 6) is 1.74. The topological polar surface area (TPSA) is 56.8 Å². The van der Waals surface area contributed by atoms with Crippen LogP contribution in [0.25, 0.3) is 0 Å². The van der Waals surface area contributed by atoms with Crippen LogP contribution in [0.15, 0.2) is 30.3 Å². The normalized spacial score (nSPS) is 15.3. The van der Waals surface area contributed by atoms with Gasteiger partial charge in [-0.25, -0.2) is 0 Å². The number of rotatable bonds is 5. The second-order valence-electron chi connectivity index (χ2n) is 6.18. The van der Waals surface area contributed by atoms with Crippen LogP contribution < -0.4 is 19.5 Å². The summed E-state index contributed by atoms with van der Waals surface area (Å²) < 4.78 is 16.8. The summed E-state index contributed by atoms with van der Waals surface area (Å²) in [5, 5.41) is 2.93. The van der Waals surface area contributed by atoms with Crippen LogP contribution in [0.2, 0.25) is 0 Å². The predicted octanol–water partition coefficient (Wildman–Crippen LogP) is 3.98. The van der Waals surface area contributed by atoms with Gasteiger partial charge in [0.1, 0.15) is 23.4 Å². The number of methoxy groups -OCH3 is 1. The maximum Gasteiger partial charge on any atom is 0.259 e. The number of carbonyl (C=O) groups is 1. The molecule has 1 heterocycles. The molecule has 0 saturated heterocycles. The van der Waals surface area contributed by atoms with E-state index in [4.69, 9.17) is 14.2 Å².